The molecule has 2 amide bonds. The third-order valence-electron chi connectivity index (χ3n) is 11.9. The largest absolute Gasteiger partial charge is 0.618 e. The summed E-state index contributed by atoms with van der Waals surface area (Å²) in [5.41, 5.74) is 4.03. The van der Waals surface area contributed by atoms with Crippen molar-refractivity contribution in [2.45, 2.75) is 71.9 Å². The van der Waals surface area contributed by atoms with Crippen molar-refractivity contribution in [3.63, 3.8) is 0 Å². The van der Waals surface area contributed by atoms with Gasteiger partial charge in [0, 0.05) is 58.8 Å². The molecular formula is C44H62N6O4. The minimum absolute atomic E-state index is 0.0175. The third-order valence-corrected chi connectivity index (χ3v) is 11.9. The van der Waals surface area contributed by atoms with Crippen molar-refractivity contribution in [1.82, 2.24) is 25.3 Å². The Kier molecular flexibility index (Phi) is 13.0. The van der Waals surface area contributed by atoms with Crippen molar-refractivity contribution in [2.24, 2.45) is 23.7 Å². The number of hydrogen-bond acceptors (Lipinski definition) is 7. The molecule has 10 heteroatoms. The van der Waals surface area contributed by atoms with Crippen molar-refractivity contribution in [2.75, 3.05) is 65.4 Å². The highest BCUT2D eigenvalue weighted by molar-refractivity contribution is 5.96. The van der Waals surface area contributed by atoms with Crippen molar-refractivity contribution in [1.29, 1.82) is 0 Å². The van der Waals surface area contributed by atoms with Crippen LogP contribution in [0.4, 0.5) is 4.79 Å². The van der Waals surface area contributed by atoms with Crippen LogP contribution in [0.3, 0.4) is 0 Å². The first kappa shape index (κ1) is 39.7. The minimum Gasteiger partial charge on any atom is -0.618 e. The number of likely N-dealkylation sites (tertiary alicyclic amines) is 3. The number of aryl methyl sites for hydroxylation is 1. The molecule has 4 aliphatic rings. The molecule has 1 aromatic heterocycles. The number of ether oxygens (including phenoxy) is 1. The lowest BCUT2D eigenvalue weighted by Crippen LogP contribution is -2.38. The maximum absolute atomic E-state index is 13.1. The fraction of sp³-hybridized carbons (Fsp3) is 0.568. The van der Waals surface area contributed by atoms with Gasteiger partial charge in [-0.3, -0.25) is 4.79 Å². The highest BCUT2D eigenvalue weighted by atomic mass is 16.6. The standard InChI is InChI=1S/C24H31N3O2.C20H31N3O2/c1-17(20-7-5-4-6-8-20)9-11-25-13-21-15-26(16-22(21)14-25)24(28)23-18(2)10-12-27(29)19(23)3;1-20(2,3)25-19(24)22-18(15-7-5-4-6-8-15)9-10-23-13-16-11-21-12-17(16)14-23/h4-8,10,12,17,21-22H,9,11,13-16H2,1-3H3;4-8,16-18,21H,9-14H2,1-3H3,(H,22,24)/t17-,21?,22?;16?,17?,18-/m00/s1. The van der Waals surface area contributed by atoms with E-state index in [0.29, 0.717) is 29.0 Å². The second-order valence-electron chi connectivity index (χ2n) is 17.2. The molecule has 5 heterocycles. The van der Waals surface area contributed by atoms with Gasteiger partial charge in [-0.05, 0) is 106 Å². The average Bonchev–Trinajstić information content (AvgIpc) is 3.93. The van der Waals surface area contributed by atoms with E-state index in [4.69, 9.17) is 4.74 Å². The maximum atomic E-state index is 13.1. The molecule has 6 atom stereocenters. The van der Waals surface area contributed by atoms with E-state index >= 15 is 0 Å². The molecule has 10 nitrogen and oxygen atoms in total. The van der Waals surface area contributed by atoms with Gasteiger partial charge in [-0.25, -0.2) is 4.79 Å². The molecule has 0 radical (unpaired) electrons. The van der Waals surface area contributed by atoms with Crippen molar-refractivity contribution < 1.29 is 19.1 Å². The van der Waals surface area contributed by atoms with Crippen LogP contribution < -0.4 is 15.4 Å². The zero-order chi connectivity index (χ0) is 38.4. The first-order valence-corrected chi connectivity index (χ1v) is 20.1. The van der Waals surface area contributed by atoms with Gasteiger partial charge in [0.2, 0.25) is 5.69 Å². The summed E-state index contributed by atoms with van der Waals surface area (Å²) in [5, 5.41) is 18.5. The molecule has 3 aromatic rings. The zero-order valence-corrected chi connectivity index (χ0v) is 33.3. The number of benzene rings is 2. The second kappa shape index (κ2) is 17.6. The van der Waals surface area contributed by atoms with Gasteiger partial charge in [-0.1, -0.05) is 67.6 Å². The lowest BCUT2D eigenvalue weighted by Gasteiger charge is -2.26. The fourth-order valence-electron chi connectivity index (χ4n) is 8.92. The Hall–Kier alpha value is -3.99. The molecule has 0 bridgehead atoms. The predicted octanol–water partition coefficient (Wildman–Crippen LogP) is 5.93. The first-order chi connectivity index (χ1) is 25.8. The Balaban J connectivity index is 0.000000186. The Bertz CT molecular complexity index is 1670. The summed E-state index contributed by atoms with van der Waals surface area (Å²) in [5.74, 6) is 3.29. The molecule has 4 fully saturated rings. The zero-order valence-electron chi connectivity index (χ0n) is 33.3. The summed E-state index contributed by atoms with van der Waals surface area (Å²) in [7, 11) is 0. The number of carbonyl (C=O) groups excluding carboxylic acids is 2. The predicted molar refractivity (Wildman–Crippen MR) is 213 cm³/mol. The van der Waals surface area contributed by atoms with Gasteiger partial charge < -0.3 is 35.3 Å². The summed E-state index contributed by atoms with van der Waals surface area (Å²) in [6, 6.07) is 22.6. The number of nitrogens with one attached hydrogen (secondary N) is 2. The number of fused-ring (bicyclic) bond motifs is 2. The van der Waals surface area contributed by atoms with Crippen molar-refractivity contribution >= 4 is 12.0 Å². The smallest absolute Gasteiger partial charge is 0.408 e. The van der Waals surface area contributed by atoms with Crippen LogP contribution in [-0.4, -0.2) is 97.7 Å². The van der Waals surface area contributed by atoms with Gasteiger partial charge in [-0.15, -0.1) is 0 Å². The van der Waals surface area contributed by atoms with E-state index in [1.165, 1.54) is 24.8 Å². The Morgan fingerprint density at radius 3 is 1.93 bits per heavy atom. The van der Waals surface area contributed by atoms with Crippen LogP contribution in [0.2, 0.25) is 0 Å². The Morgan fingerprint density at radius 1 is 0.815 bits per heavy atom. The van der Waals surface area contributed by atoms with Crippen LogP contribution in [0.1, 0.15) is 85.2 Å². The van der Waals surface area contributed by atoms with Gasteiger partial charge in [0.1, 0.15) is 11.2 Å². The molecule has 54 heavy (non-hydrogen) atoms. The number of hydrogen-bond donors (Lipinski definition) is 2. The SMILES string of the molecule is CC(C)(C)OC(=O)N[C@@H](CCN1CC2CNCC2C1)c1ccccc1.Cc1cc[n+]([O-])c(C)c1C(=O)N1CC2CN(CC[C@H](C)c3ccccc3)CC2C1. The van der Waals surface area contributed by atoms with Crippen LogP contribution >= 0.6 is 0 Å². The number of alkyl carbamates (subject to hydrolysis) is 1. The van der Waals surface area contributed by atoms with Crippen LogP contribution in [0.25, 0.3) is 0 Å². The first-order valence-electron chi connectivity index (χ1n) is 20.1. The van der Waals surface area contributed by atoms with E-state index in [1.807, 2.05) is 50.8 Å². The quantitative estimate of drug-likeness (QED) is 0.197. The highest BCUT2D eigenvalue weighted by Gasteiger charge is 2.42. The normalized spacial score (nSPS) is 23.6. The van der Waals surface area contributed by atoms with Gasteiger partial charge >= 0.3 is 6.09 Å². The van der Waals surface area contributed by atoms with Crippen LogP contribution in [-0.2, 0) is 4.74 Å². The molecule has 4 saturated heterocycles. The number of pyridine rings is 1. The molecule has 0 saturated carbocycles. The second-order valence-corrected chi connectivity index (χ2v) is 17.2. The number of aromatic nitrogens is 1. The van der Waals surface area contributed by atoms with E-state index in [1.54, 1.807) is 13.0 Å². The number of nitrogens with zero attached hydrogens (tertiary/aromatic N) is 4. The molecule has 4 aliphatic heterocycles. The van der Waals surface area contributed by atoms with E-state index in [2.05, 4.69) is 69.8 Å². The molecule has 0 spiro atoms. The lowest BCUT2D eigenvalue weighted by atomic mass is 9.98. The van der Waals surface area contributed by atoms with E-state index in [0.717, 1.165) is 92.9 Å². The van der Waals surface area contributed by atoms with Crippen molar-refractivity contribution in [3.05, 3.63) is 106 Å². The molecular weight excluding hydrogens is 677 g/mol. The fourth-order valence-corrected chi connectivity index (χ4v) is 8.92. The molecule has 0 aliphatic carbocycles. The van der Waals surface area contributed by atoms with Gasteiger partial charge in [0.05, 0.1) is 6.04 Å². The summed E-state index contributed by atoms with van der Waals surface area (Å²) >= 11 is 0. The highest BCUT2D eigenvalue weighted by Crippen LogP contribution is 2.33. The van der Waals surface area contributed by atoms with E-state index < -0.39 is 5.60 Å². The summed E-state index contributed by atoms with van der Waals surface area (Å²) < 4.78 is 6.25. The summed E-state index contributed by atoms with van der Waals surface area (Å²) in [4.78, 5) is 32.4. The monoisotopic (exact) mass is 738 g/mol. The number of amides is 2. The van der Waals surface area contributed by atoms with Crippen molar-refractivity contribution in [3.8, 4) is 0 Å². The molecule has 2 N–H and O–H groups in total. The average molecular weight is 739 g/mol. The van der Waals surface area contributed by atoms with Crippen LogP contribution in [0.5, 0.6) is 0 Å². The molecule has 292 valence electrons. The van der Waals surface area contributed by atoms with E-state index in [9.17, 15) is 14.8 Å². The lowest BCUT2D eigenvalue weighted by molar-refractivity contribution is -0.612. The summed E-state index contributed by atoms with van der Waals surface area (Å²) in [6.07, 6.45) is 3.20. The topological polar surface area (TPSA) is 104 Å². The van der Waals surface area contributed by atoms with Gasteiger partial charge in [-0.2, -0.15) is 4.73 Å². The number of carbonyl (C=O) groups is 2. The Labute approximate surface area is 322 Å². The number of rotatable bonds is 10. The summed E-state index contributed by atoms with van der Waals surface area (Å²) in [6.45, 7) is 22.1. The van der Waals surface area contributed by atoms with Gasteiger partial charge in [0.15, 0.2) is 6.20 Å². The maximum Gasteiger partial charge on any atom is 0.408 e. The van der Waals surface area contributed by atoms with Crippen LogP contribution in [0.15, 0.2) is 72.9 Å². The molecule has 4 unspecified atom stereocenters. The molecule has 2 aromatic carbocycles. The minimum atomic E-state index is -0.481. The molecule has 7 rings (SSSR count). The van der Waals surface area contributed by atoms with Gasteiger partial charge in [0.25, 0.3) is 5.91 Å². The van der Waals surface area contributed by atoms with Crippen LogP contribution in [0, 0.1) is 42.7 Å². The van der Waals surface area contributed by atoms with E-state index in [-0.39, 0.29) is 18.0 Å². The Morgan fingerprint density at radius 2 is 1.35 bits per heavy atom. The third kappa shape index (κ3) is 10.2.